The molecule has 2 heteroatoms. The molecule has 19 heavy (non-hydrogen) atoms. The molecule has 1 aromatic rings. The fourth-order valence-electron chi connectivity index (χ4n) is 3.40. The van der Waals surface area contributed by atoms with Crippen LogP contribution in [-0.4, -0.2) is 23.4 Å². The number of aliphatic hydroxyl groups excluding tert-OH is 2. The summed E-state index contributed by atoms with van der Waals surface area (Å²) in [4.78, 5) is 0. The van der Waals surface area contributed by atoms with Crippen LogP contribution in [-0.2, 0) is 12.8 Å². The van der Waals surface area contributed by atoms with Crippen molar-refractivity contribution < 1.29 is 10.2 Å². The summed E-state index contributed by atoms with van der Waals surface area (Å²) in [5, 5.41) is 19.7. The van der Waals surface area contributed by atoms with Gasteiger partial charge in [-0.3, -0.25) is 0 Å². The average molecular weight is 262 g/mol. The molecule has 2 N–H and O–H groups in total. The molecule has 1 saturated carbocycles. The van der Waals surface area contributed by atoms with Crippen LogP contribution in [0.5, 0.6) is 0 Å². The lowest BCUT2D eigenvalue weighted by Crippen LogP contribution is -2.39. The molecule has 106 valence electrons. The number of benzene rings is 1. The Bertz CT molecular complexity index is 373. The van der Waals surface area contributed by atoms with E-state index >= 15 is 0 Å². The lowest BCUT2D eigenvalue weighted by molar-refractivity contribution is 0.00570. The molecule has 2 nitrogen and oxygen atoms in total. The Hall–Kier alpha value is -0.860. The van der Waals surface area contributed by atoms with Gasteiger partial charge in [0.15, 0.2) is 0 Å². The summed E-state index contributed by atoms with van der Waals surface area (Å²) >= 11 is 0. The van der Waals surface area contributed by atoms with Crippen LogP contribution in [0.15, 0.2) is 24.3 Å². The van der Waals surface area contributed by atoms with Crippen molar-refractivity contribution in [2.45, 2.75) is 45.4 Å². The highest BCUT2D eigenvalue weighted by molar-refractivity contribution is 5.24. The normalized spacial score (nSPS) is 17.0. The molecule has 1 aliphatic carbocycles. The van der Waals surface area contributed by atoms with Crippen LogP contribution >= 0.6 is 0 Å². The van der Waals surface area contributed by atoms with E-state index in [0.29, 0.717) is 5.92 Å². The van der Waals surface area contributed by atoms with Gasteiger partial charge in [0.05, 0.1) is 13.2 Å². The van der Waals surface area contributed by atoms with Gasteiger partial charge in [-0.2, -0.15) is 0 Å². The maximum Gasteiger partial charge on any atom is 0.0515 e. The average Bonchev–Trinajstić information content (AvgIpc) is 3.00. The molecule has 2 rings (SSSR count). The van der Waals surface area contributed by atoms with E-state index in [1.807, 2.05) is 0 Å². The van der Waals surface area contributed by atoms with Crippen molar-refractivity contribution in [2.75, 3.05) is 13.2 Å². The van der Waals surface area contributed by atoms with Crippen molar-refractivity contribution in [2.24, 2.45) is 11.3 Å². The first-order valence-corrected chi connectivity index (χ1v) is 7.53. The van der Waals surface area contributed by atoms with Gasteiger partial charge in [-0.15, -0.1) is 0 Å². The van der Waals surface area contributed by atoms with E-state index in [0.717, 1.165) is 25.7 Å². The zero-order chi connectivity index (χ0) is 13.7. The summed E-state index contributed by atoms with van der Waals surface area (Å²) in [6.45, 7) is 2.33. The van der Waals surface area contributed by atoms with Gasteiger partial charge >= 0.3 is 0 Å². The minimum atomic E-state index is -0.329. The Balaban J connectivity index is 2.14. The van der Waals surface area contributed by atoms with E-state index in [1.54, 1.807) is 0 Å². The predicted octanol–water partition coefficient (Wildman–Crippen LogP) is 2.95. The highest BCUT2D eigenvalue weighted by atomic mass is 16.3. The molecule has 0 unspecified atom stereocenters. The number of hydrogen-bond acceptors (Lipinski definition) is 2. The van der Waals surface area contributed by atoms with Crippen molar-refractivity contribution >= 4 is 0 Å². The maximum absolute atomic E-state index is 9.84. The number of aryl methyl sites for hydroxylation is 1. The summed E-state index contributed by atoms with van der Waals surface area (Å²) in [6.07, 6.45) is 6.60. The molecule has 0 spiro atoms. The third-order valence-electron chi connectivity index (χ3n) is 4.84. The molecule has 1 fully saturated rings. The van der Waals surface area contributed by atoms with Gasteiger partial charge < -0.3 is 10.2 Å². The molecular formula is C17H26O2. The molecule has 1 aromatic carbocycles. The fourth-order valence-corrected chi connectivity index (χ4v) is 3.40. The Morgan fingerprint density at radius 1 is 1.00 bits per heavy atom. The summed E-state index contributed by atoms with van der Waals surface area (Å²) in [5.74, 6) is 0.466. The van der Waals surface area contributed by atoms with E-state index in [4.69, 9.17) is 0 Å². The van der Waals surface area contributed by atoms with Crippen LogP contribution in [0, 0.1) is 11.3 Å². The molecule has 0 aromatic heterocycles. The van der Waals surface area contributed by atoms with E-state index in [1.165, 1.54) is 24.0 Å². The topological polar surface area (TPSA) is 40.5 Å². The molecule has 0 heterocycles. The number of rotatable bonds is 6. The fraction of sp³-hybridized carbons (Fsp3) is 0.647. The van der Waals surface area contributed by atoms with E-state index < -0.39 is 0 Å². The Morgan fingerprint density at radius 3 is 2.00 bits per heavy atom. The number of hydrogen-bond donors (Lipinski definition) is 2. The SMILES string of the molecule is CCc1ccc(CC(CO)(CO)C2CCCC2)cc1. The van der Waals surface area contributed by atoms with Crippen LogP contribution in [0.4, 0.5) is 0 Å². The van der Waals surface area contributed by atoms with Gasteiger partial charge in [-0.1, -0.05) is 44.0 Å². The smallest absolute Gasteiger partial charge is 0.0515 e. The second kappa shape index (κ2) is 6.53. The second-order valence-corrected chi connectivity index (χ2v) is 6.01. The molecule has 0 radical (unpaired) electrons. The minimum Gasteiger partial charge on any atom is -0.396 e. The largest absolute Gasteiger partial charge is 0.396 e. The molecule has 0 saturated heterocycles. The van der Waals surface area contributed by atoms with E-state index in [2.05, 4.69) is 31.2 Å². The first-order chi connectivity index (χ1) is 9.24. The van der Waals surface area contributed by atoms with E-state index in [-0.39, 0.29) is 18.6 Å². The van der Waals surface area contributed by atoms with Crippen LogP contribution < -0.4 is 0 Å². The molecule has 0 bridgehead atoms. The zero-order valence-corrected chi connectivity index (χ0v) is 11.9. The molecule has 0 atom stereocenters. The first kappa shape index (κ1) is 14.5. The van der Waals surface area contributed by atoms with Crippen LogP contribution in [0.3, 0.4) is 0 Å². The standard InChI is InChI=1S/C17H26O2/c1-2-14-7-9-15(10-8-14)11-17(12-18,13-19)16-5-3-4-6-16/h7-10,16,18-19H,2-6,11-13H2,1H3. The third-order valence-corrected chi connectivity index (χ3v) is 4.84. The van der Waals surface area contributed by atoms with Gasteiger partial charge in [0.25, 0.3) is 0 Å². The summed E-state index contributed by atoms with van der Waals surface area (Å²) in [7, 11) is 0. The second-order valence-electron chi connectivity index (χ2n) is 6.01. The lowest BCUT2D eigenvalue weighted by Gasteiger charge is -2.36. The van der Waals surface area contributed by atoms with Crippen LogP contribution in [0.25, 0.3) is 0 Å². The lowest BCUT2D eigenvalue weighted by atomic mass is 9.71. The van der Waals surface area contributed by atoms with Crippen LogP contribution in [0.1, 0.15) is 43.7 Å². The van der Waals surface area contributed by atoms with Gasteiger partial charge in [0.1, 0.15) is 0 Å². The van der Waals surface area contributed by atoms with Gasteiger partial charge in [-0.05, 0) is 42.7 Å². The summed E-state index contributed by atoms with van der Waals surface area (Å²) in [6, 6.07) is 8.61. The van der Waals surface area contributed by atoms with Gasteiger partial charge in [-0.25, -0.2) is 0 Å². The van der Waals surface area contributed by atoms with Crippen molar-refractivity contribution in [3.8, 4) is 0 Å². The van der Waals surface area contributed by atoms with Crippen LogP contribution in [0.2, 0.25) is 0 Å². The molecule has 0 aliphatic heterocycles. The first-order valence-electron chi connectivity index (χ1n) is 7.53. The van der Waals surface area contributed by atoms with Gasteiger partial charge in [0, 0.05) is 5.41 Å². The zero-order valence-electron chi connectivity index (χ0n) is 11.9. The molecular weight excluding hydrogens is 236 g/mol. The predicted molar refractivity (Wildman–Crippen MR) is 78.1 cm³/mol. The van der Waals surface area contributed by atoms with Crippen molar-refractivity contribution in [1.82, 2.24) is 0 Å². The Kier molecular flexibility index (Phi) is 5.00. The maximum atomic E-state index is 9.84. The van der Waals surface area contributed by atoms with Crippen molar-refractivity contribution in [3.63, 3.8) is 0 Å². The quantitative estimate of drug-likeness (QED) is 0.827. The van der Waals surface area contributed by atoms with E-state index in [9.17, 15) is 10.2 Å². The highest BCUT2D eigenvalue weighted by Crippen LogP contribution is 2.41. The van der Waals surface area contributed by atoms with Crippen molar-refractivity contribution in [1.29, 1.82) is 0 Å². The Labute approximate surface area is 116 Å². The number of aliphatic hydroxyl groups is 2. The minimum absolute atomic E-state index is 0.0870. The summed E-state index contributed by atoms with van der Waals surface area (Å²) < 4.78 is 0. The van der Waals surface area contributed by atoms with Crippen molar-refractivity contribution in [3.05, 3.63) is 35.4 Å². The highest BCUT2D eigenvalue weighted by Gasteiger charge is 2.39. The summed E-state index contributed by atoms with van der Waals surface area (Å²) in [5.41, 5.74) is 2.24. The third kappa shape index (κ3) is 3.18. The molecule has 1 aliphatic rings. The monoisotopic (exact) mass is 262 g/mol. The Morgan fingerprint density at radius 2 is 1.53 bits per heavy atom. The molecule has 0 amide bonds. The van der Waals surface area contributed by atoms with Gasteiger partial charge in [0.2, 0.25) is 0 Å².